The Kier molecular flexibility index (Phi) is 8.41. The SMILES string of the molecule is CS(=O)(=O)N1CCN([C@@H](CNS(=O)(=O)c2ccc(OCc3c(C(F)(F)F)nn4ccccc34)cc2)C(=O)O)CC1. The van der Waals surface area contributed by atoms with Gasteiger partial charge in [-0.15, -0.1) is 0 Å². The van der Waals surface area contributed by atoms with E-state index in [0.29, 0.717) is 0 Å². The number of hydrogen-bond donors (Lipinski definition) is 2. The van der Waals surface area contributed by atoms with Gasteiger partial charge in [-0.25, -0.2) is 26.1 Å². The fourth-order valence-electron chi connectivity index (χ4n) is 4.28. The smallest absolute Gasteiger partial charge is 0.435 e. The van der Waals surface area contributed by atoms with Gasteiger partial charge in [-0.1, -0.05) is 6.07 Å². The molecule has 0 unspecified atom stereocenters. The van der Waals surface area contributed by atoms with E-state index in [2.05, 4.69) is 9.82 Å². The summed E-state index contributed by atoms with van der Waals surface area (Å²) in [5, 5.41) is 13.2. The second kappa shape index (κ2) is 11.3. The van der Waals surface area contributed by atoms with Crippen LogP contribution in [0.3, 0.4) is 0 Å². The average Bonchev–Trinajstić information content (AvgIpc) is 3.27. The molecule has 218 valence electrons. The largest absolute Gasteiger partial charge is 0.489 e. The van der Waals surface area contributed by atoms with Crippen molar-refractivity contribution in [2.75, 3.05) is 39.0 Å². The zero-order valence-corrected chi connectivity index (χ0v) is 22.7. The molecule has 1 saturated heterocycles. The minimum atomic E-state index is -4.70. The topological polar surface area (TPSA) is 151 Å². The van der Waals surface area contributed by atoms with Crippen molar-refractivity contribution in [2.45, 2.75) is 23.7 Å². The number of sulfonamides is 2. The lowest BCUT2D eigenvalue weighted by molar-refractivity contribution is -0.143. The summed E-state index contributed by atoms with van der Waals surface area (Å²) in [6.45, 7) is -0.558. The van der Waals surface area contributed by atoms with Crippen molar-refractivity contribution in [3.63, 3.8) is 0 Å². The average molecular weight is 606 g/mol. The highest BCUT2D eigenvalue weighted by Gasteiger charge is 2.38. The fraction of sp³-hybridized carbons (Fsp3) is 0.391. The molecule has 17 heteroatoms. The maximum absolute atomic E-state index is 13.5. The molecule has 0 radical (unpaired) electrons. The second-order valence-corrected chi connectivity index (χ2v) is 12.8. The van der Waals surface area contributed by atoms with E-state index in [9.17, 15) is 39.9 Å². The van der Waals surface area contributed by atoms with E-state index in [0.717, 1.165) is 10.8 Å². The molecule has 0 aliphatic carbocycles. The molecule has 1 aliphatic rings. The molecule has 1 aromatic carbocycles. The Morgan fingerprint density at radius 3 is 2.30 bits per heavy atom. The third-order valence-corrected chi connectivity index (χ3v) is 9.11. The molecule has 0 spiro atoms. The van der Waals surface area contributed by atoms with Crippen LogP contribution in [0.1, 0.15) is 11.3 Å². The summed E-state index contributed by atoms with van der Waals surface area (Å²) in [7, 11) is -7.58. The summed E-state index contributed by atoms with van der Waals surface area (Å²) >= 11 is 0. The number of benzene rings is 1. The lowest BCUT2D eigenvalue weighted by Crippen LogP contribution is -2.56. The molecular formula is C23H26F3N5O7S2. The maximum atomic E-state index is 13.5. The molecule has 4 rings (SSSR count). The Balaban J connectivity index is 1.40. The highest BCUT2D eigenvalue weighted by Crippen LogP contribution is 2.33. The highest BCUT2D eigenvalue weighted by atomic mass is 32.2. The number of hydrogen-bond acceptors (Lipinski definition) is 8. The fourth-order valence-corrected chi connectivity index (χ4v) is 6.15. The number of piperazine rings is 1. The molecule has 40 heavy (non-hydrogen) atoms. The number of halogens is 3. The van der Waals surface area contributed by atoms with Gasteiger partial charge in [0.1, 0.15) is 18.4 Å². The molecule has 2 aromatic heterocycles. The van der Waals surface area contributed by atoms with Gasteiger partial charge in [0.25, 0.3) is 0 Å². The van der Waals surface area contributed by atoms with Crippen molar-refractivity contribution in [1.82, 2.24) is 23.5 Å². The Hall–Kier alpha value is -3.25. The number of nitrogens with zero attached hydrogens (tertiary/aromatic N) is 4. The molecule has 3 aromatic rings. The first-order valence-corrected chi connectivity index (χ1v) is 15.2. The van der Waals surface area contributed by atoms with Gasteiger partial charge < -0.3 is 9.84 Å². The number of carboxylic acid groups (broad SMARTS) is 1. The number of rotatable bonds is 10. The molecule has 0 amide bonds. The molecule has 1 fully saturated rings. The number of carboxylic acids is 1. The van der Waals surface area contributed by atoms with E-state index in [4.69, 9.17) is 4.74 Å². The van der Waals surface area contributed by atoms with Gasteiger partial charge >= 0.3 is 12.1 Å². The molecule has 1 aliphatic heterocycles. The summed E-state index contributed by atoms with van der Waals surface area (Å²) in [5.74, 6) is -1.17. The summed E-state index contributed by atoms with van der Waals surface area (Å²) in [6.07, 6.45) is -2.27. The summed E-state index contributed by atoms with van der Waals surface area (Å²) in [5.41, 5.74) is -1.06. The standard InChI is InChI=1S/C23H26F3N5O7S2/c1-39(34,35)30-12-10-29(11-13-30)20(22(32)33)14-27-40(36,37)17-7-5-16(6-8-17)38-15-18-19-4-2-3-9-31(19)28-21(18)23(24,25)26/h2-9,20,27H,10-15H2,1H3,(H,32,33)/t20-/m0/s1. The first-order valence-electron chi connectivity index (χ1n) is 11.8. The number of fused-ring (bicyclic) bond motifs is 1. The Morgan fingerprint density at radius 1 is 1.07 bits per heavy atom. The Labute approximate surface area is 228 Å². The number of carbonyl (C=O) groups is 1. The Bertz CT molecular complexity index is 1580. The van der Waals surface area contributed by atoms with Crippen LogP contribution in [0.25, 0.3) is 5.52 Å². The normalized spacial score (nSPS) is 16.7. The van der Waals surface area contributed by atoms with Gasteiger partial charge in [-0.3, -0.25) is 9.69 Å². The lowest BCUT2D eigenvalue weighted by atomic mass is 10.2. The molecule has 0 bridgehead atoms. The minimum absolute atomic E-state index is 0.0799. The summed E-state index contributed by atoms with van der Waals surface area (Å²) < 4.78 is 99.5. The molecule has 1 atom stereocenters. The summed E-state index contributed by atoms with van der Waals surface area (Å²) in [4.78, 5) is 13.1. The Morgan fingerprint density at radius 2 is 1.73 bits per heavy atom. The van der Waals surface area contributed by atoms with Crippen molar-refractivity contribution >= 4 is 31.5 Å². The van der Waals surface area contributed by atoms with Crippen LogP contribution in [0, 0.1) is 0 Å². The number of aromatic nitrogens is 2. The van der Waals surface area contributed by atoms with Crippen LogP contribution in [0.4, 0.5) is 13.2 Å². The van der Waals surface area contributed by atoms with Crippen molar-refractivity contribution < 1.29 is 44.6 Å². The van der Waals surface area contributed by atoms with Gasteiger partial charge in [0, 0.05) is 44.5 Å². The molecule has 3 heterocycles. The van der Waals surface area contributed by atoms with Crippen LogP contribution in [0.5, 0.6) is 5.75 Å². The van der Waals surface area contributed by atoms with Crippen molar-refractivity contribution in [1.29, 1.82) is 0 Å². The van der Waals surface area contributed by atoms with E-state index < -0.39 is 57.1 Å². The molecular weight excluding hydrogens is 579 g/mol. The van der Waals surface area contributed by atoms with Gasteiger partial charge in [-0.05, 0) is 36.4 Å². The van der Waals surface area contributed by atoms with Crippen LogP contribution in [-0.2, 0) is 37.6 Å². The lowest BCUT2D eigenvalue weighted by Gasteiger charge is -2.36. The zero-order valence-electron chi connectivity index (χ0n) is 21.1. The minimum Gasteiger partial charge on any atom is -0.489 e. The number of ether oxygens (including phenoxy) is 1. The van der Waals surface area contributed by atoms with Gasteiger partial charge in [0.2, 0.25) is 20.0 Å². The second-order valence-electron chi connectivity index (χ2n) is 9.02. The highest BCUT2D eigenvalue weighted by molar-refractivity contribution is 7.89. The van der Waals surface area contributed by atoms with E-state index in [-0.39, 0.29) is 47.9 Å². The molecule has 0 saturated carbocycles. The van der Waals surface area contributed by atoms with E-state index in [1.165, 1.54) is 51.8 Å². The van der Waals surface area contributed by atoms with E-state index in [1.807, 2.05) is 0 Å². The third-order valence-electron chi connectivity index (χ3n) is 6.36. The predicted molar refractivity (Wildman–Crippen MR) is 136 cm³/mol. The number of alkyl halides is 3. The number of pyridine rings is 1. The van der Waals surface area contributed by atoms with E-state index in [1.54, 1.807) is 6.07 Å². The summed E-state index contributed by atoms with van der Waals surface area (Å²) in [6, 6.07) is 8.25. The van der Waals surface area contributed by atoms with Gasteiger partial charge in [0.15, 0.2) is 5.69 Å². The first kappa shape index (κ1) is 29.7. The molecule has 12 nitrogen and oxygen atoms in total. The quantitative estimate of drug-likeness (QED) is 0.348. The van der Waals surface area contributed by atoms with Gasteiger partial charge in [0.05, 0.1) is 16.7 Å². The van der Waals surface area contributed by atoms with Crippen molar-refractivity contribution in [2.24, 2.45) is 0 Å². The number of nitrogens with one attached hydrogen (secondary N) is 1. The molecule has 2 N–H and O–H groups in total. The van der Waals surface area contributed by atoms with E-state index >= 15 is 0 Å². The van der Waals surface area contributed by atoms with Crippen LogP contribution < -0.4 is 9.46 Å². The first-order chi connectivity index (χ1) is 18.7. The van der Waals surface area contributed by atoms with Crippen molar-refractivity contribution in [3.05, 3.63) is 59.9 Å². The van der Waals surface area contributed by atoms with Crippen LogP contribution >= 0.6 is 0 Å². The van der Waals surface area contributed by atoms with Crippen LogP contribution in [-0.4, -0.2) is 91.8 Å². The van der Waals surface area contributed by atoms with Crippen molar-refractivity contribution in [3.8, 4) is 5.75 Å². The maximum Gasteiger partial charge on any atom is 0.435 e. The van der Waals surface area contributed by atoms with Gasteiger partial charge in [-0.2, -0.15) is 22.6 Å². The predicted octanol–water partition coefficient (Wildman–Crippen LogP) is 1.24. The third kappa shape index (κ3) is 6.72. The van der Waals surface area contributed by atoms with Crippen LogP contribution in [0.2, 0.25) is 0 Å². The monoisotopic (exact) mass is 605 g/mol. The number of aliphatic carboxylic acids is 1. The zero-order chi connectivity index (χ0) is 29.3. The van der Waals surface area contributed by atoms with Crippen LogP contribution in [0.15, 0.2) is 53.6 Å².